The van der Waals surface area contributed by atoms with Crippen molar-refractivity contribution in [3.63, 3.8) is 0 Å². The number of hydrogen-bond donors (Lipinski definition) is 2. The third-order valence-corrected chi connectivity index (χ3v) is 1.85. The van der Waals surface area contributed by atoms with E-state index in [0.717, 1.165) is 12.8 Å². The zero-order valence-corrected chi connectivity index (χ0v) is 5.85. The second-order valence-electron chi connectivity index (χ2n) is 2.69. The fraction of sp³-hybridized carbons (Fsp3) is 0.714. The van der Waals surface area contributed by atoms with Gasteiger partial charge in [0.15, 0.2) is 0 Å². The Morgan fingerprint density at radius 2 is 2.44 bits per heavy atom. The molecule has 9 heavy (non-hydrogen) atoms. The van der Waals surface area contributed by atoms with Gasteiger partial charge in [-0.3, -0.25) is 5.32 Å². The van der Waals surface area contributed by atoms with Gasteiger partial charge in [-0.2, -0.15) is 0 Å². The Morgan fingerprint density at radius 3 is 2.89 bits per heavy atom. The summed E-state index contributed by atoms with van der Waals surface area (Å²) in [5.74, 6) is 0. The van der Waals surface area contributed by atoms with Crippen molar-refractivity contribution in [2.75, 3.05) is 0 Å². The molecule has 2 atom stereocenters. The minimum absolute atomic E-state index is 0.186. The fourth-order valence-electron chi connectivity index (χ4n) is 1.08. The SMILES string of the molecule is C=C1CCC(N)NC1C. The van der Waals surface area contributed by atoms with Gasteiger partial charge in [0, 0.05) is 6.04 Å². The van der Waals surface area contributed by atoms with Crippen molar-refractivity contribution < 1.29 is 0 Å². The Kier molecular flexibility index (Phi) is 1.88. The minimum atomic E-state index is 0.186. The van der Waals surface area contributed by atoms with E-state index in [2.05, 4.69) is 18.8 Å². The zero-order valence-electron chi connectivity index (χ0n) is 5.85. The van der Waals surface area contributed by atoms with Crippen molar-refractivity contribution in [3.8, 4) is 0 Å². The maximum absolute atomic E-state index is 5.64. The van der Waals surface area contributed by atoms with Crippen molar-refractivity contribution in [3.05, 3.63) is 12.2 Å². The molecule has 1 rings (SSSR count). The molecule has 3 N–H and O–H groups in total. The van der Waals surface area contributed by atoms with E-state index in [-0.39, 0.29) is 6.17 Å². The smallest absolute Gasteiger partial charge is 0.0553 e. The van der Waals surface area contributed by atoms with Crippen LogP contribution in [0.3, 0.4) is 0 Å². The molecule has 1 fully saturated rings. The molecule has 0 aromatic carbocycles. The van der Waals surface area contributed by atoms with E-state index in [1.165, 1.54) is 5.57 Å². The standard InChI is InChI=1S/C7H14N2/c1-5-3-4-7(8)9-6(5)2/h6-7,9H,1,3-4,8H2,2H3. The molecule has 2 unspecified atom stereocenters. The Morgan fingerprint density at radius 1 is 1.78 bits per heavy atom. The average Bonchev–Trinajstić information content (AvgIpc) is 1.80. The van der Waals surface area contributed by atoms with E-state index in [1.54, 1.807) is 0 Å². The second-order valence-corrected chi connectivity index (χ2v) is 2.69. The van der Waals surface area contributed by atoms with Crippen molar-refractivity contribution in [1.29, 1.82) is 0 Å². The maximum Gasteiger partial charge on any atom is 0.0553 e. The predicted octanol–water partition coefficient (Wildman–Crippen LogP) is 0.599. The first-order valence-electron chi connectivity index (χ1n) is 3.39. The molecule has 52 valence electrons. The Hall–Kier alpha value is -0.340. The van der Waals surface area contributed by atoms with Crippen LogP contribution in [-0.4, -0.2) is 12.2 Å². The molecule has 1 aliphatic heterocycles. The summed E-state index contributed by atoms with van der Waals surface area (Å²) in [5, 5.41) is 3.21. The van der Waals surface area contributed by atoms with Crippen molar-refractivity contribution in [2.24, 2.45) is 5.73 Å². The van der Waals surface area contributed by atoms with Crippen LogP contribution in [-0.2, 0) is 0 Å². The number of piperidine rings is 1. The van der Waals surface area contributed by atoms with E-state index in [0.29, 0.717) is 6.04 Å². The van der Waals surface area contributed by atoms with Crippen LogP contribution in [0.1, 0.15) is 19.8 Å². The molecule has 1 aliphatic rings. The number of nitrogens with one attached hydrogen (secondary N) is 1. The summed E-state index contributed by atoms with van der Waals surface area (Å²) in [6, 6.07) is 0.411. The summed E-state index contributed by atoms with van der Waals surface area (Å²) < 4.78 is 0. The molecule has 0 spiro atoms. The quantitative estimate of drug-likeness (QED) is 0.466. The summed E-state index contributed by atoms with van der Waals surface area (Å²) in [6.45, 7) is 6.01. The van der Waals surface area contributed by atoms with Crippen LogP contribution < -0.4 is 11.1 Å². The van der Waals surface area contributed by atoms with Crippen LogP contribution in [0.2, 0.25) is 0 Å². The lowest BCUT2D eigenvalue weighted by Gasteiger charge is -2.27. The van der Waals surface area contributed by atoms with Crippen LogP contribution in [0.15, 0.2) is 12.2 Å². The monoisotopic (exact) mass is 126 g/mol. The topological polar surface area (TPSA) is 38.0 Å². The first kappa shape index (κ1) is 6.78. The second kappa shape index (κ2) is 2.50. The summed E-state index contributed by atoms with van der Waals surface area (Å²) >= 11 is 0. The summed E-state index contributed by atoms with van der Waals surface area (Å²) in [7, 11) is 0. The number of rotatable bonds is 0. The molecule has 1 saturated heterocycles. The zero-order chi connectivity index (χ0) is 6.85. The largest absolute Gasteiger partial charge is 0.316 e. The molecule has 0 amide bonds. The average molecular weight is 126 g/mol. The lowest BCUT2D eigenvalue weighted by atomic mass is 9.99. The third-order valence-electron chi connectivity index (χ3n) is 1.85. The molecule has 2 nitrogen and oxygen atoms in total. The molecular weight excluding hydrogens is 112 g/mol. The van der Waals surface area contributed by atoms with E-state index in [1.807, 2.05) is 0 Å². The molecular formula is C7H14N2. The molecule has 2 heteroatoms. The molecule has 0 radical (unpaired) electrons. The first-order chi connectivity index (χ1) is 4.20. The molecule has 0 aliphatic carbocycles. The van der Waals surface area contributed by atoms with Gasteiger partial charge in [-0.25, -0.2) is 0 Å². The van der Waals surface area contributed by atoms with Gasteiger partial charge in [0.25, 0.3) is 0 Å². The van der Waals surface area contributed by atoms with Crippen LogP contribution >= 0.6 is 0 Å². The van der Waals surface area contributed by atoms with Gasteiger partial charge in [0.1, 0.15) is 0 Å². The Labute approximate surface area is 56.1 Å². The molecule has 0 aromatic rings. The highest BCUT2D eigenvalue weighted by Gasteiger charge is 2.16. The van der Waals surface area contributed by atoms with E-state index >= 15 is 0 Å². The van der Waals surface area contributed by atoms with Crippen molar-refractivity contribution >= 4 is 0 Å². The van der Waals surface area contributed by atoms with Gasteiger partial charge in [-0.15, -0.1) is 0 Å². The van der Waals surface area contributed by atoms with Gasteiger partial charge < -0.3 is 5.73 Å². The van der Waals surface area contributed by atoms with Crippen molar-refractivity contribution in [2.45, 2.75) is 32.0 Å². The Balaban J connectivity index is 2.44. The van der Waals surface area contributed by atoms with Crippen LogP contribution in [0, 0.1) is 0 Å². The third kappa shape index (κ3) is 1.53. The summed E-state index contributed by atoms with van der Waals surface area (Å²) in [6.07, 6.45) is 2.30. The molecule has 1 heterocycles. The van der Waals surface area contributed by atoms with E-state index in [9.17, 15) is 0 Å². The van der Waals surface area contributed by atoms with Crippen LogP contribution in [0.4, 0.5) is 0 Å². The fourth-order valence-corrected chi connectivity index (χ4v) is 1.08. The van der Waals surface area contributed by atoms with Gasteiger partial charge >= 0.3 is 0 Å². The lowest BCUT2D eigenvalue weighted by molar-refractivity contribution is 0.408. The van der Waals surface area contributed by atoms with Gasteiger partial charge in [0.05, 0.1) is 6.17 Å². The molecule has 0 saturated carbocycles. The number of nitrogens with two attached hydrogens (primary N) is 1. The highest BCUT2D eigenvalue weighted by atomic mass is 15.1. The highest BCUT2D eigenvalue weighted by Crippen LogP contribution is 2.13. The summed E-state index contributed by atoms with van der Waals surface area (Å²) in [4.78, 5) is 0. The van der Waals surface area contributed by atoms with E-state index < -0.39 is 0 Å². The first-order valence-corrected chi connectivity index (χ1v) is 3.39. The Bertz CT molecular complexity index is 120. The number of hydrogen-bond acceptors (Lipinski definition) is 2. The van der Waals surface area contributed by atoms with E-state index in [4.69, 9.17) is 5.73 Å². The minimum Gasteiger partial charge on any atom is -0.316 e. The van der Waals surface area contributed by atoms with Gasteiger partial charge in [0.2, 0.25) is 0 Å². The molecule has 0 bridgehead atoms. The predicted molar refractivity (Wildman–Crippen MR) is 38.9 cm³/mol. The van der Waals surface area contributed by atoms with Crippen molar-refractivity contribution in [1.82, 2.24) is 5.32 Å². The molecule has 0 aromatic heterocycles. The highest BCUT2D eigenvalue weighted by molar-refractivity contribution is 5.07. The maximum atomic E-state index is 5.64. The lowest BCUT2D eigenvalue weighted by Crippen LogP contribution is -2.46. The van der Waals surface area contributed by atoms with Gasteiger partial charge in [-0.1, -0.05) is 12.2 Å². The summed E-state index contributed by atoms with van der Waals surface area (Å²) in [5.41, 5.74) is 6.91. The van der Waals surface area contributed by atoms with Crippen LogP contribution in [0.25, 0.3) is 0 Å². The normalized spacial score (nSPS) is 36.9. The van der Waals surface area contributed by atoms with Gasteiger partial charge in [-0.05, 0) is 19.8 Å². The van der Waals surface area contributed by atoms with Crippen LogP contribution in [0.5, 0.6) is 0 Å².